The molecular formula is C13H21F3N2O. The Morgan fingerprint density at radius 2 is 2.05 bits per heavy atom. The summed E-state index contributed by atoms with van der Waals surface area (Å²) in [6.45, 7) is 5.07. The van der Waals surface area contributed by atoms with E-state index in [1.165, 1.54) is 4.90 Å². The standard InChI is InChI=1S/C13H21F3N2O/c1-3-5-18(10-13(14,15)16)8-12-6-11(9-19-12)7-17-4-2/h6,9,17H,3-5,7-8,10H2,1-2H3. The number of rotatable bonds is 8. The van der Waals surface area contributed by atoms with Crippen molar-refractivity contribution >= 4 is 0 Å². The van der Waals surface area contributed by atoms with E-state index in [1.807, 2.05) is 19.9 Å². The van der Waals surface area contributed by atoms with Crippen LogP contribution in [0.3, 0.4) is 0 Å². The first-order valence-electron chi connectivity index (χ1n) is 6.50. The first-order chi connectivity index (χ1) is 8.94. The smallest absolute Gasteiger partial charge is 0.401 e. The van der Waals surface area contributed by atoms with Crippen LogP contribution in [0.25, 0.3) is 0 Å². The highest BCUT2D eigenvalue weighted by atomic mass is 19.4. The SMILES string of the molecule is CCCN(Cc1cc(CNCC)co1)CC(F)(F)F. The van der Waals surface area contributed by atoms with Crippen molar-refractivity contribution in [2.75, 3.05) is 19.6 Å². The second-order valence-corrected chi connectivity index (χ2v) is 4.53. The minimum atomic E-state index is -4.17. The fourth-order valence-corrected chi connectivity index (χ4v) is 1.88. The molecule has 0 atom stereocenters. The second-order valence-electron chi connectivity index (χ2n) is 4.53. The van der Waals surface area contributed by atoms with Crippen molar-refractivity contribution < 1.29 is 17.6 Å². The van der Waals surface area contributed by atoms with Gasteiger partial charge in [0.15, 0.2) is 0 Å². The van der Waals surface area contributed by atoms with Crippen LogP contribution in [0.5, 0.6) is 0 Å². The Morgan fingerprint density at radius 3 is 2.63 bits per heavy atom. The van der Waals surface area contributed by atoms with Gasteiger partial charge in [-0.05, 0) is 25.6 Å². The van der Waals surface area contributed by atoms with Gasteiger partial charge in [-0.25, -0.2) is 0 Å². The molecule has 0 spiro atoms. The van der Waals surface area contributed by atoms with Gasteiger partial charge in [0.25, 0.3) is 0 Å². The van der Waals surface area contributed by atoms with E-state index < -0.39 is 12.7 Å². The maximum atomic E-state index is 12.4. The van der Waals surface area contributed by atoms with Gasteiger partial charge in [0, 0.05) is 12.1 Å². The lowest BCUT2D eigenvalue weighted by atomic mass is 10.3. The zero-order valence-electron chi connectivity index (χ0n) is 11.4. The van der Waals surface area contributed by atoms with Gasteiger partial charge in [-0.15, -0.1) is 0 Å². The van der Waals surface area contributed by atoms with Crippen LogP contribution in [-0.4, -0.2) is 30.7 Å². The van der Waals surface area contributed by atoms with E-state index in [0.29, 0.717) is 25.3 Å². The average molecular weight is 278 g/mol. The minimum Gasteiger partial charge on any atom is -0.468 e. The minimum absolute atomic E-state index is 0.194. The maximum Gasteiger partial charge on any atom is 0.401 e. The Bertz CT molecular complexity index is 363. The summed E-state index contributed by atoms with van der Waals surface area (Å²) in [5, 5.41) is 3.14. The molecule has 3 nitrogen and oxygen atoms in total. The highest BCUT2D eigenvalue weighted by molar-refractivity contribution is 5.12. The van der Waals surface area contributed by atoms with E-state index in [-0.39, 0.29) is 6.54 Å². The molecule has 0 unspecified atom stereocenters. The molecule has 110 valence electrons. The molecule has 0 aliphatic carbocycles. The summed E-state index contributed by atoms with van der Waals surface area (Å²) in [6, 6.07) is 1.81. The maximum absolute atomic E-state index is 12.4. The summed E-state index contributed by atoms with van der Waals surface area (Å²) in [6.07, 6.45) is -1.90. The van der Waals surface area contributed by atoms with E-state index in [2.05, 4.69) is 5.32 Å². The van der Waals surface area contributed by atoms with Crippen LogP contribution in [0.15, 0.2) is 16.7 Å². The van der Waals surface area contributed by atoms with Crippen molar-refractivity contribution in [2.24, 2.45) is 0 Å². The van der Waals surface area contributed by atoms with Crippen LogP contribution in [-0.2, 0) is 13.1 Å². The van der Waals surface area contributed by atoms with Crippen molar-refractivity contribution in [3.05, 3.63) is 23.7 Å². The largest absolute Gasteiger partial charge is 0.468 e. The van der Waals surface area contributed by atoms with Crippen molar-refractivity contribution in [1.29, 1.82) is 0 Å². The monoisotopic (exact) mass is 278 g/mol. The predicted molar refractivity (Wildman–Crippen MR) is 67.7 cm³/mol. The van der Waals surface area contributed by atoms with E-state index >= 15 is 0 Å². The second kappa shape index (κ2) is 7.55. The Hall–Kier alpha value is -1.01. The summed E-state index contributed by atoms with van der Waals surface area (Å²) in [7, 11) is 0. The zero-order chi connectivity index (χ0) is 14.3. The van der Waals surface area contributed by atoms with Gasteiger partial charge in [0.2, 0.25) is 0 Å². The lowest BCUT2D eigenvalue weighted by Crippen LogP contribution is -2.34. The van der Waals surface area contributed by atoms with Crippen molar-refractivity contribution in [2.45, 2.75) is 39.5 Å². The molecular weight excluding hydrogens is 257 g/mol. The normalized spacial score (nSPS) is 12.3. The molecule has 6 heteroatoms. The molecule has 0 bridgehead atoms. The molecule has 0 saturated heterocycles. The van der Waals surface area contributed by atoms with Gasteiger partial charge in [0.1, 0.15) is 5.76 Å². The molecule has 0 aromatic carbocycles. The quantitative estimate of drug-likeness (QED) is 0.791. The van der Waals surface area contributed by atoms with Gasteiger partial charge >= 0.3 is 6.18 Å². The fraction of sp³-hybridized carbons (Fsp3) is 0.692. The number of hydrogen-bond acceptors (Lipinski definition) is 3. The number of alkyl halides is 3. The third kappa shape index (κ3) is 6.63. The highest BCUT2D eigenvalue weighted by Crippen LogP contribution is 2.19. The van der Waals surface area contributed by atoms with E-state index in [9.17, 15) is 13.2 Å². The molecule has 1 aromatic rings. The number of hydrogen-bond donors (Lipinski definition) is 1. The molecule has 0 fully saturated rings. The van der Waals surface area contributed by atoms with E-state index in [1.54, 1.807) is 6.26 Å². The number of furan rings is 1. The molecule has 1 heterocycles. The third-order valence-corrected chi connectivity index (χ3v) is 2.61. The molecule has 0 aliphatic heterocycles. The van der Waals surface area contributed by atoms with Gasteiger partial charge in [-0.1, -0.05) is 13.8 Å². The van der Waals surface area contributed by atoms with Gasteiger partial charge < -0.3 is 9.73 Å². The molecule has 0 saturated carbocycles. The average Bonchev–Trinajstić information content (AvgIpc) is 2.72. The Kier molecular flexibility index (Phi) is 6.37. The molecule has 1 N–H and O–H groups in total. The fourth-order valence-electron chi connectivity index (χ4n) is 1.88. The lowest BCUT2D eigenvalue weighted by Gasteiger charge is -2.21. The van der Waals surface area contributed by atoms with E-state index in [4.69, 9.17) is 4.42 Å². The Morgan fingerprint density at radius 1 is 1.32 bits per heavy atom. The number of halogens is 3. The number of nitrogens with zero attached hydrogens (tertiary/aromatic N) is 1. The van der Waals surface area contributed by atoms with Crippen LogP contribution in [0, 0.1) is 0 Å². The zero-order valence-corrected chi connectivity index (χ0v) is 11.4. The number of nitrogens with one attached hydrogen (secondary N) is 1. The Labute approximate surface area is 111 Å². The summed E-state index contributed by atoms with van der Waals surface area (Å²) in [5.74, 6) is 0.575. The van der Waals surface area contributed by atoms with Crippen LogP contribution in [0.4, 0.5) is 13.2 Å². The van der Waals surface area contributed by atoms with Crippen LogP contribution in [0.1, 0.15) is 31.6 Å². The van der Waals surface area contributed by atoms with Crippen molar-refractivity contribution in [1.82, 2.24) is 10.2 Å². The molecule has 0 amide bonds. The molecule has 0 radical (unpaired) electrons. The van der Waals surface area contributed by atoms with Crippen molar-refractivity contribution in [3.8, 4) is 0 Å². The molecule has 1 aromatic heterocycles. The van der Waals surface area contributed by atoms with Gasteiger partial charge in [-0.3, -0.25) is 4.90 Å². The first-order valence-corrected chi connectivity index (χ1v) is 6.50. The molecule has 0 aliphatic rings. The summed E-state index contributed by atoms with van der Waals surface area (Å²) < 4.78 is 42.6. The van der Waals surface area contributed by atoms with Crippen LogP contribution < -0.4 is 5.32 Å². The summed E-state index contributed by atoms with van der Waals surface area (Å²) in [4.78, 5) is 1.36. The van der Waals surface area contributed by atoms with Crippen molar-refractivity contribution in [3.63, 3.8) is 0 Å². The molecule has 1 rings (SSSR count). The summed E-state index contributed by atoms with van der Waals surface area (Å²) >= 11 is 0. The van der Waals surface area contributed by atoms with Gasteiger partial charge in [-0.2, -0.15) is 13.2 Å². The summed E-state index contributed by atoms with van der Waals surface area (Å²) in [5.41, 5.74) is 0.959. The highest BCUT2D eigenvalue weighted by Gasteiger charge is 2.30. The van der Waals surface area contributed by atoms with Crippen LogP contribution in [0.2, 0.25) is 0 Å². The lowest BCUT2D eigenvalue weighted by molar-refractivity contribution is -0.147. The van der Waals surface area contributed by atoms with Crippen LogP contribution >= 0.6 is 0 Å². The Balaban J connectivity index is 2.55. The molecule has 19 heavy (non-hydrogen) atoms. The first kappa shape index (κ1) is 16.0. The van der Waals surface area contributed by atoms with Gasteiger partial charge in [0.05, 0.1) is 19.4 Å². The third-order valence-electron chi connectivity index (χ3n) is 2.61. The van der Waals surface area contributed by atoms with E-state index in [0.717, 1.165) is 12.1 Å². The topological polar surface area (TPSA) is 28.4 Å². The predicted octanol–water partition coefficient (Wildman–Crippen LogP) is 3.16.